The molecule has 0 saturated heterocycles. The lowest BCUT2D eigenvalue weighted by Crippen LogP contribution is -2.08. The summed E-state index contributed by atoms with van der Waals surface area (Å²) in [7, 11) is -1.38. The van der Waals surface area contributed by atoms with Gasteiger partial charge >= 0.3 is 5.97 Å². The average Bonchev–Trinajstić information content (AvgIpc) is 2.66. The summed E-state index contributed by atoms with van der Waals surface area (Å²) in [5.74, 6) is -0.642. The number of esters is 1. The van der Waals surface area contributed by atoms with Crippen molar-refractivity contribution in [2.75, 3.05) is 12.9 Å². The molecule has 0 bridgehead atoms. The van der Waals surface area contributed by atoms with Gasteiger partial charge in [-0.15, -0.1) is 0 Å². The molecule has 0 spiro atoms. The topological polar surface area (TPSA) is 56.5 Å². The van der Waals surface area contributed by atoms with Crippen LogP contribution in [0.2, 0.25) is 0 Å². The van der Waals surface area contributed by atoms with Crippen LogP contribution in [-0.4, -0.2) is 23.0 Å². The lowest BCUT2D eigenvalue weighted by molar-refractivity contribution is -0.142. The van der Waals surface area contributed by atoms with Crippen molar-refractivity contribution >= 4 is 27.7 Å². The molecule has 1 unspecified atom stereocenters. The van der Waals surface area contributed by atoms with E-state index in [4.69, 9.17) is 9.15 Å². The van der Waals surface area contributed by atoms with E-state index in [2.05, 4.69) is 0 Å². The summed E-state index contributed by atoms with van der Waals surface area (Å²) in [5, 5.41) is 0.431. The molecule has 0 radical (unpaired) electrons. The molecule has 2 rings (SSSR count). The second-order valence-electron chi connectivity index (χ2n) is 3.93. The van der Waals surface area contributed by atoms with Crippen molar-refractivity contribution in [1.29, 1.82) is 0 Å². The minimum Gasteiger partial charge on any atom is -0.466 e. The molecule has 1 atom stereocenters. The second kappa shape index (κ2) is 5.52. The van der Waals surface area contributed by atoms with Gasteiger partial charge in [-0.25, -0.2) is 4.39 Å². The highest BCUT2D eigenvalue weighted by Gasteiger charge is 2.20. The summed E-state index contributed by atoms with van der Waals surface area (Å²) in [6.07, 6.45) is 1.35. The smallest absolute Gasteiger partial charge is 0.313 e. The second-order valence-corrected chi connectivity index (χ2v) is 5.25. The Kier molecular flexibility index (Phi) is 3.99. The number of benzene rings is 1. The van der Waals surface area contributed by atoms with Gasteiger partial charge < -0.3 is 9.15 Å². The predicted octanol–water partition coefficient (Wildman–Crippen LogP) is 2.41. The largest absolute Gasteiger partial charge is 0.466 e. The molecule has 0 aliphatic carbocycles. The zero-order valence-corrected chi connectivity index (χ0v) is 11.4. The van der Waals surface area contributed by atoms with Gasteiger partial charge in [-0.05, 0) is 25.1 Å². The van der Waals surface area contributed by atoms with Crippen molar-refractivity contribution in [3.05, 3.63) is 29.8 Å². The van der Waals surface area contributed by atoms with Gasteiger partial charge in [0.05, 0.1) is 22.3 Å². The first-order chi connectivity index (χ1) is 9.02. The van der Waals surface area contributed by atoms with Crippen LogP contribution in [0.4, 0.5) is 4.39 Å². The number of carbonyl (C=O) groups is 1. The van der Waals surface area contributed by atoms with Gasteiger partial charge in [-0.2, -0.15) is 0 Å². The van der Waals surface area contributed by atoms with E-state index in [1.54, 1.807) is 6.92 Å². The van der Waals surface area contributed by atoms with Crippen molar-refractivity contribution in [2.45, 2.75) is 18.2 Å². The molecule has 1 aromatic heterocycles. The zero-order valence-electron chi connectivity index (χ0n) is 10.6. The maximum atomic E-state index is 13.2. The maximum absolute atomic E-state index is 13.2. The Morgan fingerprint density at radius 1 is 1.47 bits per heavy atom. The highest BCUT2D eigenvalue weighted by molar-refractivity contribution is 7.84. The average molecular weight is 284 g/mol. The molecule has 102 valence electrons. The van der Waals surface area contributed by atoms with Crippen molar-refractivity contribution < 1.29 is 22.5 Å². The van der Waals surface area contributed by atoms with E-state index in [0.29, 0.717) is 15.9 Å². The summed E-state index contributed by atoms with van der Waals surface area (Å²) < 4.78 is 35.3. The summed E-state index contributed by atoms with van der Waals surface area (Å²) in [6.45, 7) is 1.96. The maximum Gasteiger partial charge on any atom is 0.313 e. The number of hydrogen-bond donors (Lipinski definition) is 0. The fourth-order valence-electron chi connectivity index (χ4n) is 1.87. The van der Waals surface area contributed by atoms with Gasteiger partial charge in [0.1, 0.15) is 23.6 Å². The monoisotopic (exact) mass is 284 g/mol. The predicted molar refractivity (Wildman–Crippen MR) is 68.8 cm³/mol. The molecule has 0 amide bonds. The van der Waals surface area contributed by atoms with Crippen LogP contribution >= 0.6 is 0 Å². The number of halogens is 1. The highest BCUT2D eigenvalue weighted by Crippen LogP contribution is 2.29. The summed E-state index contributed by atoms with van der Waals surface area (Å²) in [6, 6.07) is 3.96. The molecule has 19 heavy (non-hydrogen) atoms. The molecule has 6 heteroatoms. The van der Waals surface area contributed by atoms with Crippen molar-refractivity contribution in [3.8, 4) is 0 Å². The zero-order chi connectivity index (χ0) is 14.0. The molecule has 0 N–H and O–H groups in total. The van der Waals surface area contributed by atoms with E-state index in [0.717, 1.165) is 0 Å². The Balaban J connectivity index is 2.51. The normalized spacial score (nSPS) is 12.6. The van der Waals surface area contributed by atoms with Crippen LogP contribution in [0.5, 0.6) is 0 Å². The Morgan fingerprint density at radius 3 is 2.84 bits per heavy atom. The fourth-order valence-corrected chi connectivity index (χ4v) is 2.78. The Bertz CT molecular complexity index is 647. The minimum absolute atomic E-state index is 0.112. The number of ether oxygens (including phenoxy) is 1. The van der Waals surface area contributed by atoms with E-state index in [1.807, 2.05) is 0 Å². The summed E-state index contributed by atoms with van der Waals surface area (Å²) >= 11 is 0. The molecule has 4 nitrogen and oxygen atoms in total. The van der Waals surface area contributed by atoms with Crippen LogP contribution in [0.3, 0.4) is 0 Å². The highest BCUT2D eigenvalue weighted by atomic mass is 32.2. The number of furan rings is 1. The van der Waals surface area contributed by atoms with Crippen molar-refractivity contribution in [1.82, 2.24) is 0 Å². The van der Waals surface area contributed by atoms with Crippen LogP contribution in [0.1, 0.15) is 12.7 Å². The summed E-state index contributed by atoms with van der Waals surface area (Å²) in [5.41, 5.74) is 0.408. The SMILES string of the molecule is CCOC(=O)Cc1oc2ccc(F)cc2c1S(C)=O. The van der Waals surface area contributed by atoms with Crippen molar-refractivity contribution in [3.63, 3.8) is 0 Å². The van der Waals surface area contributed by atoms with Gasteiger partial charge in [-0.3, -0.25) is 9.00 Å². The molecule has 1 aromatic carbocycles. The first kappa shape index (κ1) is 13.7. The van der Waals surface area contributed by atoms with E-state index < -0.39 is 22.6 Å². The van der Waals surface area contributed by atoms with Crippen LogP contribution in [-0.2, 0) is 26.8 Å². The first-order valence-electron chi connectivity index (χ1n) is 5.73. The third kappa shape index (κ3) is 2.84. The number of carbonyl (C=O) groups excluding carboxylic acids is 1. The van der Waals surface area contributed by atoms with E-state index in [9.17, 15) is 13.4 Å². The first-order valence-corrected chi connectivity index (χ1v) is 7.28. The lowest BCUT2D eigenvalue weighted by atomic mass is 10.2. The van der Waals surface area contributed by atoms with E-state index >= 15 is 0 Å². The van der Waals surface area contributed by atoms with E-state index in [1.165, 1.54) is 24.5 Å². The van der Waals surface area contributed by atoms with Gasteiger partial charge in [0.15, 0.2) is 0 Å². The molecule has 0 aliphatic heterocycles. The van der Waals surface area contributed by atoms with Gasteiger partial charge in [-0.1, -0.05) is 0 Å². The van der Waals surface area contributed by atoms with Gasteiger partial charge in [0, 0.05) is 11.6 Å². The van der Waals surface area contributed by atoms with Gasteiger partial charge in [0.2, 0.25) is 0 Å². The molecule has 0 saturated carbocycles. The van der Waals surface area contributed by atoms with Crippen LogP contribution < -0.4 is 0 Å². The van der Waals surface area contributed by atoms with E-state index in [-0.39, 0.29) is 18.8 Å². The van der Waals surface area contributed by atoms with Gasteiger partial charge in [0.25, 0.3) is 0 Å². The van der Waals surface area contributed by atoms with Crippen molar-refractivity contribution in [2.24, 2.45) is 0 Å². The Morgan fingerprint density at radius 2 is 2.21 bits per heavy atom. The lowest BCUT2D eigenvalue weighted by Gasteiger charge is -2.00. The third-order valence-electron chi connectivity index (χ3n) is 2.57. The molecule has 2 aromatic rings. The number of hydrogen-bond acceptors (Lipinski definition) is 4. The Labute approximate surface area is 112 Å². The van der Waals surface area contributed by atoms with Crippen LogP contribution in [0, 0.1) is 5.82 Å². The minimum atomic E-state index is -1.38. The Hall–Kier alpha value is -1.69. The summed E-state index contributed by atoms with van der Waals surface area (Å²) in [4.78, 5) is 11.8. The standard InChI is InChI=1S/C13H13FO4S/c1-3-17-12(15)7-11-13(19(2)16)9-6-8(14)4-5-10(9)18-11/h4-6H,3,7H2,1-2H3. The number of rotatable bonds is 4. The van der Waals surface area contributed by atoms with Crippen LogP contribution in [0.15, 0.2) is 27.5 Å². The molecule has 1 heterocycles. The molecular weight excluding hydrogens is 271 g/mol. The third-order valence-corrected chi connectivity index (χ3v) is 3.59. The number of fused-ring (bicyclic) bond motifs is 1. The van der Waals surface area contributed by atoms with Crippen LogP contribution in [0.25, 0.3) is 11.0 Å². The molecular formula is C13H13FO4S. The molecule has 0 aliphatic rings. The quantitative estimate of drug-likeness (QED) is 0.809. The fraction of sp³-hybridized carbons (Fsp3) is 0.308. The molecule has 0 fully saturated rings.